The number of Topliss-reactive ketones (excluding diaryl/α,β-unsaturated/α-hetero) is 1. The minimum Gasteiger partial charge on any atom is -0.497 e. The maximum atomic E-state index is 13.1. The van der Waals surface area contributed by atoms with Gasteiger partial charge < -0.3 is 20.1 Å². The van der Waals surface area contributed by atoms with Crippen LogP contribution in [0.15, 0.2) is 54.7 Å². The van der Waals surface area contributed by atoms with Gasteiger partial charge in [0.1, 0.15) is 11.6 Å². The van der Waals surface area contributed by atoms with E-state index < -0.39 is 0 Å². The number of nitrogens with two attached hydrogens (primary N) is 1. The summed E-state index contributed by atoms with van der Waals surface area (Å²) in [5.74, 6) is 0.542. The fraction of sp³-hybridized carbons (Fsp3) is 0.292. The van der Waals surface area contributed by atoms with Gasteiger partial charge in [-0.25, -0.2) is 4.68 Å². The van der Waals surface area contributed by atoms with Crippen molar-refractivity contribution in [3.63, 3.8) is 0 Å². The molecule has 0 saturated carbocycles. The van der Waals surface area contributed by atoms with Gasteiger partial charge in [-0.05, 0) is 48.4 Å². The van der Waals surface area contributed by atoms with Crippen LogP contribution in [0.1, 0.15) is 32.7 Å². The molecule has 0 unspecified atom stereocenters. The number of hydrogen-bond acceptors (Lipinski definition) is 6. The van der Waals surface area contributed by atoms with Crippen molar-refractivity contribution < 1.29 is 19.1 Å². The predicted octanol–water partition coefficient (Wildman–Crippen LogP) is 2.95. The van der Waals surface area contributed by atoms with Crippen molar-refractivity contribution in [1.29, 1.82) is 0 Å². The molecule has 3 aromatic rings. The van der Waals surface area contributed by atoms with E-state index in [1.165, 1.54) is 10.9 Å². The van der Waals surface area contributed by atoms with E-state index in [0.29, 0.717) is 43.1 Å². The van der Waals surface area contributed by atoms with E-state index in [2.05, 4.69) is 5.10 Å². The minimum atomic E-state index is -0.303. The van der Waals surface area contributed by atoms with E-state index in [1.807, 2.05) is 24.3 Å². The molecule has 166 valence electrons. The second-order valence-corrected chi connectivity index (χ2v) is 7.78. The molecule has 2 heterocycles. The summed E-state index contributed by atoms with van der Waals surface area (Å²) in [6.45, 7) is 1.40. The Morgan fingerprint density at radius 1 is 1.09 bits per heavy atom. The normalized spacial score (nSPS) is 15.7. The van der Waals surface area contributed by atoms with Gasteiger partial charge in [0.15, 0.2) is 5.78 Å². The van der Waals surface area contributed by atoms with E-state index >= 15 is 0 Å². The molecular weight excluding hydrogens is 408 g/mol. The molecule has 1 aliphatic heterocycles. The van der Waals surface area contributed by atoms with Crippen LogP contribution in [0.3, 0.4) is 0 Å². The molecule has 1 aromatic heterocycles. The lowest BCUT2D eigenvalue weighted by Gasteiger charge is -2.16. The second-order valence-electron chi connectivity index (χ2n) is 7.78. The van der Waals surface area contributed by atoms with Crippen LogP contribution in [-0.2, 0) is 11.3 Å². The molecule has 0 spiro atoms. The highest BCUT2D eigenvalue weighted by Gasteiger charge is 2.33. The maximum absolute atomic E-state index is 13.1. The number of ketones is 1. The van der Waals surface area contributed by atoms with Gasteiger partial charge in [0, 0.05) is 31.7 Å². The number of methoxy groups -OCH3 is 2. The highest BCUT2D eigenvalue weighted by Crippen LogP contribution is 2.27. The van der Waals surface area contributed by atoms with Crippen LogP contribution in [0.2, 0.25) is 0 Å². The quantitative estimate of drug-likeness (QED) is 0.574. The van der Waals surface area contributed by atoms with Crippen molar-refractivity contribution in [2.24, 2.45) is 5.92 Å². The summed E-state index contributed by atoms with van der Waals surface area (Å²) >= 11 is 0. The van der Waals surface area contributed by atoms with Crippen molar-refractivity contribution in [3.8, 4) is 11.4 Å². The van der Waals surface area contributed by atoms with Crippen LogP contribution in [-0.4, -0.2) is 53.7 Å². The third kappa shape index (κ3) is 4.22. The number of rotatable bonds is 7. The molecule has 32 heavy (non-hydrogen) atoms. The molecule has 1 atom stereocenters. The summed E-state index contributed by atoms with van der Waals surface area (Å²) in [6, 6.07) is 14.6. The lowest BCUT2D eigenvalue weighted by atomic mass is 9.98. The van der Waals surface area contributed by atoms with E-state index in [4.69, 9.17) is 15.2 Å². The molecule has 4 rings (SSSR count). The van der Waals surface area contributed by atoms with Gasteiger partial charge in [-0.3, -0.25) is 9.59 Å². The Morgan fingerprint density at radius 2 is 1.81 bits per heavy atom. The van der Waals surface area contributed by atoms with Crippen molar-refractivity contribution in [3.05, 3.63) is 71.4 Å². The van der Waals surface area contributed by atoms with Crippen molar-refractivity contribution in [1.82, 2.24) is 14.7 Å². The predicted molar refractivity (Wildman–Crippen MR) is 120 cm³/mol. The average molecular weight is 434 g/mol. The van der Waals surface area contributed by atoms with Crippen LogP contribution >= 0.6 is 0 Å². The Morgan fingerprint density at radius 3 is 2.47 bits per heavy atom. The van der Waals surface area contributed by atoms with Gasteiger partial charge in [-0.2, -0.15) is 5.10 Å². The fourth-order valence-electron chi connectivity index (χ4n) is 3.95. The topological polar surface area (TPSA) is 99.7 Å². The summed E-state index contributed by atoms with van der Waals surface area (Å²) in [5.41, 5.74) is 8.98. The number of benzene rings is 2. The van der Waals surface area contributed by atoms with Crippen molar-refractivity contribution in [2.45, 2.75) is 13.0 Å². The van der Waals surface area contributed by atoms with Gasteiger partial charge >= 0.3 is 0 Å². The van der Waals surface area contributed by atoms with E-state index in [9.17, 15) is 9.59 Å². The number of hydrogen-bond donors (Lipinski definition) is 1. The van der Waals surface area contributed by atoms with Crippen LogP contribution in [0, 0.1) is 5.92 Å². The standard InChI is InChI=1S/C24H26N4O4/c1-31-15-16-3-5-17(6-4-16)24(30)27-12-11-18(14-27)22(29)21-13-26-28(23(21)25)19-7-9-20(32-2)10-8-19/h3-10,13,18H,11-12,14-15,25H2,1-2H3/t18-/m1/s1. The number of carbonyl (C=O) groups is 2. The molecule has 1 amide bonds. The molecule has 8 heteroatoms. The van der Waals surface area contributed by atoms with Crippen LogP contribution in [0.25, 0.3) is 5.69 Å². The number of ether oxygens (including phenoxy) is 2. The number of amides is 1. The average Bonchev–Trinajstić information content (AvgIpc) is 3.46. The van der Waals surface area contributed by atoms with Gasteiger partial charge in [0.2, 0.25) is 0 Å². The maximum Gasteiger partial charge on any atom is 0.253 e. The first kappa shape index (κ1) is 21.6. The monoisotopic (exact) mass is 434 g/mol. The number of nitrogen functional groups attached to an aromatic ring is 1. The Labute approximate surface area is 186 Å². The highest BCUT2D eigenvalue weighted by atomic mass is 16.5. The SMILES string of the molecule is COCc1ccc(C(=O)N2CC[C@@H](C(=O)c3cnn(-c4ccc(OC)cc4)c3N)C2)cc1. The number of nitrogens with zero attached hydrogens (tertiary/aromatic N) is 3. The minimum absolute atomic E-state index is 0.0776. The zero-order chi connectivity index (χ0) is 22.7. The lowest BCUT2D eigenvalue weighted by Crippen LogP contribution is -2.30. The van der Waals surface area contributed by atoms with Gasteiger partial charge in [-0.1, -0.05) is 12.1 Å². The molecule has 1 saturated heterocycles. The fourth-order valence-corrected chi connectivity index (χ4v) is 3.95. The lowest BCUT2D eigenvalue weighted by molar-refractivity contribution is 0.0780. The first-order valence-electron chi connectivity index (χ1n) is 10.4. The molecule has 2 aromatic carbocycles. The Kier molecular flexibility index (Phi) is 6.23. The first-order valence-corrected chi connectivity index (χ1v) is 10.4. The third-order valence-electron chi connectivity index (χ3n) is 5.75. The number of likely N-dealkylation sites (tertiary alicyclic amines) is 1. The van der Waals surface area contributed by atoms with E-state index in [-0.39, 0.29) is 17.6 Å². The van der Waals surface area contributed by atoms with Gasteiger partial charge in [-0.15, -0.1) is 0 Å². The summed E-state index contributed by atoms with van der Waals surface area (Å²) < 4.78 is 11.8. The molecule has 8 nitrogen and oxygen atoms in total. The number of aromatic nitrogens is 2. The summed E-state index contributed by atoms with van der Waals surface area (Å²) in [4.78, 5) is 27.7. The first-order chi connectivity index (χ1) is 15.5. The zero-order valence-electron chi connectivity index (χ0n) is 18.2. The number of carbonyl (C=O) groups excluding carboxylic acids is 2. The third-order valence-corrected chi connectivity index (χ3v) is 5.75. The largest absolute Gasteiger partial charge is 0.497 e. The van der Waals surface area contributed by atoms with Crippen LogP contribution < -0.4 is 10.5 Å². The summed E-state index contributed by atoms with van der Waals surface area (Å²) in [7, 11) is 3.23. The Balaban J connectivity index is 1.44. The number of anilines is 1. The Hall–Kier alpha value is -3.65. The van der Waals surface area contributed by atoms with Crippen LogP contribution in [0.4, 0.5) is 5.82 Å². The Bertz CT molecular complexity index is 1110. The van der Waals surface area contributed by atoms with E-state index in [0.717, 1.165) is 17.0 Å². The van der Waals surface area contributed by atoms with E-state index in [1.54, 1.807) is 43.4 Å². The van der Waals surface area contributed by atoms with Crippen molar-refractivity contribution >= 4 is 17.5 Å². The summed E-state index contributed by atoms with van der Waals surface area (Å²) in [5, 5.41) is 4.30. The molecular formula is C24H26N4O4. The molecule has 1 aliphatic rings. The zero-order valence-corrected chi connectivity index (χ0v) is 18.2. The summed E-state index contributed by atoms with van der Waals surface area (Å²) in [6.07, 6.45) is 2.10. The van der Waals surface area contributed by atoms with Gasteiger partial charge in [0.05, 0.1) is 31.2 Å². The second kappa shape index (κ2) is 9.23. The highest BCUT2D eigenvalue weighted by molar-refractivity contribution is 6.03. The van der Waals surface area contributed by atoms with Gasteiger partial charge in [0.25, 0.3) is 5.91 Å². The molecule has 0 radical (unpaired) electrons. The molecule has 0 aliphatic carbocycles. The molecule has 1 fully saturated rings. The van der Waals surface area contributed by atoms with Crippen molar-refractivity contribution in [2.75, 3.05) is 33.0 Å². The molecule has 2 N–H and O–H groups in total. The van der Waals surface area contributed by atoms with Crippen LogP contribution in [0.5, 0.6) is 5.75 Å². The molecule has 0 bridgehead atoms. The smallest absolute Gasteiger partial charge is 0.253 e.